The van der Waals surface area contributed by atoms with Crippen LogP contribution in [0.2, 0.25) is 0 Å². The molecule has 1 aliphatic heterocycles. The van der Waals surface area contributed by atoms with Gasteiger partial charge in [-0.25, -0.2) is 9.97 Å². The SMILES string of the molecule is Nc1c(Nc2cccc(Br)c2)ncnc1N1CCc2ccccc21. The van der Waals surface area contributed by atoms with Gasteiger partial charge in [0, 0.05) is 22.4 Å². The molecule has 3 N–H and O–H groups in total. The van der Waals surface area contributed by atoms with Crippen LogP contribution in [0.4, 0.5) is 28.7 Å². The van der Waals surface area contributed by atoms with Crippen molar-refractivity contribution in [3.8, 4) is 0 Å². The minimum Gasteiger partial charge on any atom is -0.393 e. The molecule has 0 saturated carbocycles. The zero-order valence-corrected chi connectivity index (χ0v) is 14.5. The maximum atomic E-state index is 6.37. The van der Waals surface area contributed by atoms with E-state index in [9.17, 15) is 0 Å². The van der Waals surface area contributed by atoms with E-state index in [1.165, 1.54) is 5.56 Å². The summed E-state index contributed by atoms with van der Waals surface area (Å²) < 4.78 is 0.994. The molecule has 1 aromatic heterocycles. The molecule has 4 rings (SSSR count). The molecule has 0 amide bonds. The third-order valence-electron chi connectivity index (χ3n) is 4.09. The largest absolute Gasteiger partial charge is 0.393 e. The Bertz CT molecular complexity index is 896. The first-order valence-electron chi connectivity index (χ1n) is 7.71. The van der Waals surface area contributed by atoms with Crippen LogP contribution in [0, 0.1) is 0 Å². The zero-order valence-electron chi connectivity index (χ0n) is 12.9. The van der Waals surface area contributed by atoms with Crippen molar-refractivity contribution in [3.63, 3.8) is 0 Å². The first kappa shape index (κ1) is 15.0. The lowest BCUT2D eigenvalue weighted by atomic mass is 10.2. The molecule has 2 aromatic carbocycles. The van der Waals surface area contributed by atoms with Crippen LogP contribution < -0.4 is 16.0 Å². The molecule has 0 aliphatic carbocycles. The molecule has 0 radical (unpaired) electrons. The molecule has 0 bridgehead atoms. The van der Waals surface area contributed by atoms with Gasteiger partial charge in [-0.3, -0.25) is 0 Å². The van der Waals surface area contributed by atoms with Gasteiger partial charge in [0.2, 0.25) is 0 Å². The Morgan fingerprint density at radius 2 is 1.96 bits per heavy atom. The molecule has 3 aromatic rings. The van der Waals surface area contributed by atoms with Crippen molar-refractivity contribution in [1.29, 1.82) is 0 Å². The quantitative estimate of drug-likeness (QED) is 0.709. The number of fused-ring (bicyclic) bond motifs is 1. The number of halogens is 1. The molecule has 2 heterocycles. The second-order valence-electron chi connectivity index (χ2n) is 5.63. The van der Waals surface area contributed by atoms with Gasteiger partial charge in [-0.2, -0.15) is 0 Å². The molecular weight excluding hydrogens is 366 g/mol. The Labute approximate surface area is 148 Å². The van der Waals surface area contributed by atoms with Gasteiger partial charge in [0.1, 0.15) is 12.0 Å². The van der Waals surface area contributed by atoms with Crippen molar-refractivity contribution in [2.75, 3.05) is 22.5 Å². The number of nitrogens with one attached hydrogen (secondary N) is 1. The van der Waals surface area contributed by atoms with Crippen molar-refractivity contribution in [2.24, 2.45) is 0 Å². The predicted molar refractivity (Wildman–Crippen MR) is 101 cm³/mol. The number of para-hydroxylation sites is 1. The molecule has 0 spiro atoms. The number of benzene rings is 2. The summed E-state index contributed by atoms with van der Waals surface area (Å²) in [4.78, 5) is 10.9. The molecule has 24 heavy (non-hydrogen) atoms. The number of nitrogens with two attached hydrogens (primary N) is 1. The average Bonchev–Trinajstić information content (AvgIpc) is 3.01. The fourth-order valence-electron chi connectivity index (χ4n) is 2.96. The summed E-state index contributed by atoms with van der Waals surface area (Å²) >= 11 is 3.47. The number of aromatic nitrogens is 2. The molecule has 120 valence electrons. The van der Waals surface area contributed by atoms with Gasteiger partial charge in [0.05, 0.1) is 0 Å². The lowest BCUT2D eigenvalue weighted by Crippen LogP contribution is -2.17. The zero-order chi connectivity index (χ0) is 16.5. The van der Waals surface area contributed by atoms with E-state index in [4.69, 9.17) is 5.73 Å². The van der Waals surface area contributed by atoms with Crippen molar-refractivity contribution in [1.82, 2.24) is 9.97 Å². The van der Waals surface area contributed by atoms with Crippen LogP contribution in [0.5, 0.6) is 0 Å². The molecule has 5 nitrogen and oxygen atoms in total. The van der Waals surface area contributed by atoms with E-state index < -0.39 is 0 Å². The summed E-state index contributed by atoms with van der Waals surface area (Å²) in [7, 11) is 0. The summed E-state index contributed by atoms with van der Waals surface area (Å²) in [5.74, 6) is 1.36. The van der Waals surface area contributed by atoms with E-state index in [2.05, 4.69) is 54.3 Å². The third-order valence-corrected chi connectivity index (χ3v) is 4.59. The van der Waals surface area contributed by atoms with E-state index >= 15 is 0 Å². The number of hydrogen-bond acceptors (Lipinski definition) is 5. The fraction of sp³-hybridized carbons (Fsp3) is 0.111. The summed E-state index contributed by atoms with van der Waals surface area (Å²) in [6.07, 6.45) is 2.54. The monoisotopic (exact) mass is 381 g/mol. The second kappa shape index (κ2) is 6.13. The molecule has 0 fully saturated rings. The number of nitrogens with zero attached hydrogens (tertiary/aromatic N) is 3. The number of nitrogen functional groups attached to an aromatic ring is 1. The summed E-state index contributed by atoms with van der Waals surface area (Å²) in [6.45, 7) is 0.872. The summed E-state index contributed by atoms with van der Waals surface area (Å²) in [6, 6.07) is 16.2. The minimum atomic E-state index is 0.550. The maximum absolute atomic E-state index is 6.37. The fourth-order valence-corrected chi connectivity index (χ4v) is 3.36. The molecular formula is C18H16BrN5. The lowest BCUT2D eigenvalue weighted by molar-refractivity contribution is 0.967. The molecule has 0 unspecified atom stereocenters. The Kier molecular flexibility index (Phi) is 3.82. The normalized spacial score (nSPS) is 13.0. The predicted octanol–water partition coefficient (Wildman–Crippen LogP) is 4.26. The second-order valence-corrected chi connectivity index (χ2v) is 6.54. The molecule has 0 saturated heterocycles. The van der Waals surface area contributed by atoms with Crippen LogP contribution in [-0.2, 0) is 6.42 Å². The number of anilines is 5. The van der Waals surface area contributed by atoms with Crippen LogP contribution in [-0.4, -0.2) is 16.5 Å². The first-order valence-corrected chi connectivity index (χ1v) is 8.50. The van der Waals surface area contributed by atoms with Gasteiger partial charge in [-0.05, 0) is 36.2 Å². The Balaban J connectivity index is 1.69. The van der Waals surface area contributed by atoms with Gasteiger partial charge in [-0.1, -0.05) is 40.2 Å². The van der Waals surface area contributed by atoms with Crippen molar-refractivity contribution in [2.45, 2.75) is 6.42 Å². The lowest BCUT2D eigenvalue weighted by Gasteiger charge is -2.21. The van der Waals surface area contributed by atoms with Gasteiger partial charge in [0.15, 0.2) is 11.6 Å². The van der Waals surface area contributed by atoms with E-state index in [0.717, 1.165) is 34.6 Å². The van der Waals surface area contributed by atoms with Gasteiger partial charge < -0.3 is 16.0 Å². The van der Waals surface area contributed by atoms with Crippen LogP contribution in [0.25, 0.3) is 0 Å². The van der Waals surface area contributed by atoms with Crippen molar-refractivity contribution >= 4 is 44.6 Å². The van der Waals surface area contributed by atoms with Crippen LogP contribution >= 0.6 is 15.9 Å². The Morgan fingerprint density at radius 3 is 2.83 bits per heavy atom. The first-order chi connectivity index (χ1) is 11.7. The molecule has 6 heteroatoms. The maximum Gasteiger partial charge on any atom is 0.161 e. The van der Waals surface area contributed by atoms with Crippen LogP contribution in [0.3, 0.4) is 0 Å². The van der Waals surface area contributed by atoms with Gasteiger partial charge >= 0.3 is 0 Å². The average molecular weight is 382 g/mol. The highest BCUT2D eigenvalue weighted by Crippen LogP contribution is 2.38. The van der Waals surface area contributed by atoms with E-state index in [-0.39, 0.29) is 0 Å². The van der Waals surface area contributed by atoms with Crippen LogP contribution in [0.15, 0.2) is 59.3 Å². The summed E-state index contributed by atoms with van der Waals surface area (Å²) in [5, 5.41) is 3.27. The number of hydrogen-bond donors (Lipinski definition) is 2. The standard InChI is InChI=1S/C18H16BrN5/c19-13-5-3-6-14(10-13)23-17-16(20)18(22-11-21-17)24-9-8-12-4-1-2-7-15(12)24/h1-7,10-11H,8-9,20H2,(H,21,22,23). The molecule has 1 aliphatic rings. The van der Waals surface area contributed by atoms with Crippen molar-refractivity contribution < 1.29 is 0 Å². The third kappa shape index (κ3) is 2.69. The smallest absolute Gasteiger partial charge is 0.161 e. The summed E-state index contributed by atoms with van der Waals surface area (Å²) in [5.41, 5.74) is 10.3. The van der Waals surface area contributed by atoms with Crippen molar-refractivity contribution in [3.05, 3.63) is 64.9 Å². The Morgan fingerprint density at radius 1 is 1.08 bits per heavy atom. The topological polar surface area (TPSA) is 67.1 Å². The van der Waals surface area contributed by atoms with E-state index in [1.54, 1.807) is 6.33 Å². The molecule has 0 atom stereocenters. The Hall–Kier alpha value is -2.60. The van der Waals surface area contributed by atoms with Crippen LogP contribution in [0.1, 0.15) is 5.56 Å². The minimum absolute atomic E-state index is 0.550. The highest BCUT2D eigenvalue weighted by Gasteiger charge is 2.23. The van der Waals surface area contributed by atoms with E-state index in [0.29, 0.717) is 11.5 Å². The highest BCUT2D eigenvalue weighted by molar-refractivity contribution is 9.10. The highest BCUT2D eigenvalue weighted by atomic mass is 79.9. The number of rotatable bonds is 3. The van der Waals surface area contributed by atoms with E-state index in [1.807, 2.05) is 30.3 Å². The van der Waals surface area contributed by atoms with Gasteiger partial charge in [-0.15, -0.1) is 0 Å². The van der Waals surface area contributed by atoms with Gasteiger partial charge in [0.25, 0.3) is 0 Å².